The summed E-state index contributed by atoms with van der Waals surface area (Å²) in [6.07, 6.45) is 12.5. The third-order valence-electron chi connectivity index (χ3n) is 4.12. The Balaban J connectivity index is 2.08. The van der Waals surface area contributed by atoms with Crippen LogP contribution in [0.1, 0.15) is 77.6 Å². The number of carboxylic acid groups (broad SMARTS) is 1. The van der Waals surface area contributed by atoms with Crippen LogP contribution in [0.5, 0.6) is 0 Å². The summed E-state index contributed by atoms with van der Waals surface area (Å²) in [4.78, 5) is 11.2. The highest BCUT2D eigenvalue weighted by molar-refractivity contribution is 5.69. The van der Waals surface area contributed by atoms with Gasteiger partial charge in [-0.15, -0.1) is 0 Å². The van der Waals surface area contributed by atoms with Gasteiger partial charge in [0.15, 0.2) is 0 Å². The minimum Gasteiger partial charge on any atom is -0.481 e. The van der Waals surface area contributed by atoms with Gasteiger partial charge in [0.05, 0.1) is 12.0 Å². The second kappa shape index (κ2) is 10.2. The summed E-state index contributed by atoms with van der Waals surface area (Å²) in [5.41, 5.74) is 0. The van der Waals surface area contributed by atoms with Crippen LogP contribution in [0.15, 0.2) is 0 Å². The minimum atomic E-state index is -0.619. The number of carboxylic acids is 1. The van der Waals surface area contributed by atoms with Crippen LogP contribution in [0.2, 0.25) is 0 Å². The molecular weight excluding hydrogens is 240 g/mol. The maximum absolute atomic E-state index is 11.2. The molecule has 1 saturated heterocycles. The number of unbranched alkanes of at least 4 members (excludes halogenated alkanes) is 5. The van der Waals surface area contributed by atoms with Crippen molar-refractivity contribution >= 4 is 5.97 Å². The third-order valence-corrected chi connectivity index (χ3v) is 4.12. The number of aliphatic carboxylic acids is 1. The van der Waals surface area contributed by atoms with Crippen LogP contribution in [0.25, 0.3) is 0 Å². The molecule has 0 aromatic rings. The van der Waals surface area contributed by atoms with E-state index >= 15 is 0 Å². The first-order chi connectivity index (χ1) is 9.24. The summed E-state index contributed by atoms with van der Waals surface area (Å²) in [7, 11) is 0. The van der Waals surface area contributed by atoms with Crippen LogP contribution in [0, 0.1) is 5.92 Å². The Bertz CT molecular complexity index is 234. The van der Waals surface area contributed by atoms with Gasteiger partial charge in [-0.25, -0.2) is 0 Å². The van der Waals surface area contributed by atoms with Gasteiger partial charge >= 0.3 is 5.97 Å². The van der Waals surface area contributed by atoms with Crippen molar-refractivity contribution in [3.8, 4) is 0 Å². The molecule has 112 valence electrons. The molecule has 1 rings (SSSR count). The molecule has 1 aliphatic rings. The Morgan fingerprint density at radius 1 is 1.21 bits per heavy atom. The van der Waals surface area contributed by atoms with Crippen molar-refractivity contribution in [2.24, 2.45) is 5.92 Å². The molecule has 2 atom stereocenters. The Kier molecular flexibility index (Phi) is 8.89. The number of hydrogen-bond acceptors (Lipinski definition) is 2. The second-order valence-electron chi connectivity index (χ2n) is 5.80. The Labute approximate surface area is 117 Å². The summed E-state index contributed by atoms with van der Waals surface area (Å²) in [6, 6.07) is 0. The molecule has 3 heteroatoms. The van der Waals surface area contributed by atoms with Crippen LogP contribution >= 0.6 is 0 Å². The lowest BCUT2D eigenvalue weighted by atomic mass is 9.94. The molecule has 0 saturated carbocycles. The van der Waals surface area contributed by atoms with Gasteiger partial charge < -0.3 is 9.84 Å². The van der Waals surface area contributed by atoms with E-state index in [-0.39, 0.29) is 5.92 Å². The molecule has 0 amide bonds. The van der Waals surface area contributed by atoms with Gasteiger partial charge in [-0.2, -0.15) is 0 Å². The first-order valence-electron chi connectivity index (χ1n) is 8.08. The first kappa shape index (κ1) is 16.5. The van der Waals surface area contributed by atoms with E-state index in [0.29, 0.717) is 6.10 Å². The fourth-order valence-corrected chi connectivity index (χ4v) is 2.82. The summed E-state index contributed by atoms with van der Waals surface area (Å²) in [6.45, 7) is 3.07. The van der Waals surface area contributed by atoms with Crippen molar-refractivity contribution < 1.29 is 14.6 Å². The largest absolute Gasteiger partial charge is 0.481 e. The molecule has 1 N–H and O–H groups in total. The quantitative estimate of drug-likeness (QED) is 0.566. The summed E-state index contributed by atoms with van der Waals surface area (Å²) in [5, 5.41) is 9.25. The van der Waals surface area contributed by atoms with Crippen LogP contribution < -0.4 is 0 Å². The zero-order valence-corrected chi connectivity index (χ0v) is 12.4. The Morgan fingerprint density at radius 3 is 2.58 bits per heavy atom. The predicted octanol–water partition coefficient (Wildman–Crippen LogP) is 4.40. The van der Waals surface area contributed by atoms with Crippen molar-refractivity contribution in [1.29, 1.82) is 0 Å². The average molecular weight is 270 g/mol. The Hall–Kier alpha value is -0.570. The van der Waals surface area contributed by atoms with Gasteiger partial charge in [-0.3, -0.25) is 4.79 Å². The third kappa shape index (κ3) is 7.56. The van der Waals surface area contributed by atoms with E-state index in [9.17, 15) is 9.90 Å². The lowest BCUT2D eigenvalue weighted by Crippen LogP contribution is -2.16. The molecule has 0 aromatic carbocycles. The molecule has 0 spiro atoms. The number of ether oxygens (including phenoxy) is 1. The zero-order chi connectivity index (χ0) is 13.9. The van der Waals surface area contributed by atoms with Crippen LogP contribution in [0.3, 0.4) is 0 Å². The lowest BCUT2D eigenvalue weighted by Gasteiger charge is -2.15. The molecule has 2 unspecified atom stereocenters. The first-order valence-corrected chi connectivity index (χ1v) is 8.08. The molecule has 0 bridgehead atoms. The van der Waals surface area contributed by atoms with Crippen LogP contribution in [-0.2, 0) is 9.53 Å². The molecule has 0 aliphatic carbocycles. The molecule has 1 aliphatic heterocycles. The molecule has 0 radical (unpaired) electrons. The van der Waals surface area contributed by atoms with E-state index < -0.39 is 5.97 Å². The monoisotopic (exact) mass is 270 g/mol. The number of carbonyl (C=O) groups is 1. The van der Waals surface area contributed by atoms with Gasteiger partial charge in [0.2, 0.25) is 0 Å². The molecule has 0 aromatic heterocycles. The predicted molar refractivity (Wildman–Crippen MR) is 77.3 cm³/mol. The highest BCUT2D eigenvalue weighted by Crippen LogP contribution is 2.23. The van der Waals surface area contributed by atoms with Gasteiger partial charge in [-0.05, 0) is 32.1 Å². The maximum atomic E-state index is 11.2. The zero-order valence-electron chi connectivity index (χ0n) is 12.4. The van der Waals surface area contributed by atoms with E-state index in [1.54, 1.807) is 0 Å². The molecule has 19 heavy (non-hydrogen) atoms. The van der Waals surface area contributed by atoms with Crippen molar-refractivity contribution in [3.05, 3.63) is 0 Å². The minimum absolute atomic E-state index is 0.157. The Morgan fingerprint density at radius 2 is 1.95 bits per heavy atom. The van der Waals surface area contributed by atoms with Crippen LogP contribution in [-0.4, -0.2) is 23.8 Å². The molecule has 1 fully saturated rings. The highest BCUT2D eigenvalue weighted by Gasteiger charge is 2.21. The van der Waals surface area contributed by atoms with E-state index in [4.69, 9.17) is 4.74 Å². The van der Waals surface area contributed by atoms with Crippen molar-refractivity contribution in [2.45, 2.75) is 83.7 Å². The highest BCUT2D eigenvalue weighted by atomic mass is 16.5. The normalized spacial score (nSPS) is 20.6. The van der Waals surface area contributed by atoms with Crippen molar-refractivity contribution in [2.75, 3.05) is 6.61 Å². The standard InChI is InChI=1S/C16H30O3/c1-2-3-4-5-6-7-9-14(16(17)18)11-12-15-10-8-13-19-15/h14-15H,2-13H2,1H3,(H,17,18). The molecule has 1 heterocycles. The van der Waals surface area contributed by atoms with E-state index in [1.165, 1.54) is 32.1 Å². The lowest BCUT2D eigenvalue weighted by molar-refractivity contribution is -0.142. The smallest absolute Gasteiger partial charge is 0.306 e. The second-order valence-corrected chi connectivity index (χ2v) is 5.80. The number of hydrogen-bond donors (Lipinski definition) is 1. The van der Waals surface area contributed by atoms with Gasteiger partial charge in [0.1, 0.15) is 0 Å². The fourth-order valence-electron chi connectivity index (χ4n) is 2.82. The SMILES string of the molecule is CCCCCCCCC(CCC1CCCO1)C(=O)O. The van der Waals surface area contributed by atoms with Gasteiger partial charge in [0.25, 0.3) is 0 Å². The van der Waals surface area contributed by atoms with E-state index in [1.807, 2.05) is 0 Å². The molecular formula is C16H30O3. The van der Waals surface area contributed by atoms with Crippen molar-refractivity contribution in [1.82, 2.24) is 0 Å². The molecule has 3 nitrogen and oxygen atoms in total. The number of rotatable bonds is 11. The topological polar surface area (TPSA) is 46.5 Å². The maximum Gasteiger partial charge on any atom is 0.306 e. The van der Waals surface area contributed by atoms with E-state index in [0.717, 1.165) is 45.1 Å². The fraction of sp³-hybridized carbons (Fsp3) is 0.938. The summed E-state index contributed by atoms with van der Waals surface area (Å²) in [5.74, 6) is -0.776. The van der Waals surface area contributed by atoms with Gasteiger partial charge in [0, 0.05) is 6.61 Å². The summed E-state index contributed by atoms with van der Waals surface area (Å²) >= 11 is 0. The average Bonchev–Trinajstić information content (AvgIpc) is 2.89. The van der Waals surface area contributed by atoms with Gasteiger partial charge in [-0.1, -0.05) is 45.4 Å². The summed E-state index contributed by atoms with van der Waals surface area (Å²) < 4.78 is 5.56. The van der Waals surface area contributed by atoms with E-state index in [2.05, 4.69) is 6.92 Å². The van der Waals surface area contributed by atoms with Crippen molar-refractivity contribution in [3.63, 3.8) is 0 Å². The van der Waals surface area contributed by atoms with Crippen LogP contribution in [0.4, 0.5) is 0 Å².